The Morgan fingerprint density at radius 3 is 2.20 bits per heavy atom. The smallest absolute Gasteiger partial charge is 0.165 e. The SMILES string of the molecule is C=C(C)c1c(F)cnc(Cl)c1N.C=C(C=O)N1CCN(C(=C)c2ccccc2)CC1. The third kappa shape index (κ3) is 5.70. The van der Waals surface area contributed by atoms with Gasteiger partial charge in [-0.2, -0.15) is 0 Å². The Balaban J connectivity index is 0.000000232. The van der Waals surface area contributed by atoms with E-state index in [1.807, 2.05) is 23.1 Å². The highest BCUT2D eigenvalue weighted by atomic mass is 35.5. The molecule has 1 aromatic carbocycles. The van der Waals surface area contributed by atoms with Crippen molar-refractivity contribution in [2.75, 3.05) is 31.9 Å². The van der Waals surface area contributed by atoms with Crippen molar-refractivity contribution < 1.29 is 9.18 Å². The Morgan fingerprint density at radius 1 is 1.13 bits per heavy atom. The number of nitrogens with zero attached hydrogens (tertiary/aromatic N) is 3. The Hall–Kier alpha value is -3.12. The molecule has 2 aromatic rings. The summed E-state index contributed by atoms with van der Waals surface area (Å²) in [5.41, 5.74) is 9.18. The predicted molar refractivity (Wildman–Crippen MR) is 122 cm³/mol. The third-order valence-corrected chi connectivity index (χ3v) is 5.06. The number of rotatable bonds is 5. The van der Waals surface area contributed by atoms with Crippen molar-refractivity contribution in [2.24, 2.45) is 0 Å². The van der Waals surface area contributed by atoms with Crippen molar-refractivity contribution >= 4 is 34.8 Å². The minimum atomic E-state index is -0.496. The van der Waals surface area contributed by atoms with E-state index in [0.29, 0.717) is 11.3 Å². The van der Waals surface area contributed by atoms with E-state index in [4.69, 9.17) is 17.3 Å². The molecule has 0 saturated carbocycles. The van der Waals surface area contributed by atoms with Crippen molar-refractivity contribution in [2.45, 2.75) is 6.92 Å². The van der Waals surface area contributed by atoms with E-state index in [2.05, 4.69) is 41.8 Å². The summed E-state index contributed by atoms with van der Waals surface area (Å²) in [4.78, 5) is 18.5. The van der Waals surface area contributed by atoms with E-state index in [-0.39, 0.29) is 16.4 Å². The van der Waals surface area contributed by atoms with Gasteiger partial charge in [-0.15, -0.1) is 0 Å². The largest absolute Gasteiger partial charge is 0.396 e. The van der Waals surface area contributed by atoms with E-state index in [1.54, 1.807) is 6.92 Å². The summed E-state index contributed by atoms with van der Waals surface area (Å²) < 4.78 is 13.0. The molecule has 0 radical (unpaired) electrons. The summed E-state index contributed by atoms with van der Waals surface area (Å²) >= 11 is 5.59. The van der Waals surface area contributed by atoms with Crippen molar-refractivity contribution in [3.63, 3.8) is 0 Å². The second-order valence-corrected chi connectivity index (χ2v) is 7.22. The molecule has 0 spiro atoms. The van der Waals surface area contributed by atoms with Crippen LogP contribution in [0.4, 0.5) is 10.1 Å². The molecule has 2 N–H and O–H groups in total. The molecule has 1 saturated heterocycles. The maximum absolute atomic E-state index is 13.0. The Bertz CT molecular complexity index is 938. The van der Waals surface area contributed by atoms with Crippen LogP contribution in [0.5, 0.6) is 0 Å². The van der Waals surface area contributed by atoms with E-state index < -0.39 is 5.82 Å². The summed E-state index contributed by atoms with van der Waals surface area (Å²) in [6, 6.07) is 10.2. The minimum absolute atomic E-state index is 0.106. The second-order valence-electron chi connectivity index (χ2n) is 6.86. The van der Waals surface area contributed by atoms with Gasteiger partial charge in [-0.05, 0) is 18.1 Å². The Kier molecular flexibility index (Phi) is 8.18. The Labute approximate surface area is 182 Å². The summed E-state index contributed by atoms with van der Waals surface area (Å²) in [6.07, 6.45) is 1.85. The zero-order chi connectivity index (χ0) is 22.3. The van der Waals surface area contributed by atoms with Crippen LogP contribution in [0.3, 0.4) is 0 Å². The monoisotopic (exact) mass is 428 g/mol. The maximum Gasteiger partial charge on any atom is 0.165 e. The molecule has 0 bridgehead atoms. The van der Waals surface area contributed by atoms with Gasteiger partial charge in [-0.3, -0.25) is 4.79 Å². The highest BCUT2D eigenvalue weighted by Gasteiger charge is 2.19. The van der Waals surface area contributed by atoms with Gasteiger partial charge in [0.15, 0.2) is 17.3 Å². The number of anilines is 1. The molecule has 0 unspecified atom stereocenters. The van der Waals surface area contributed by atoms with Gasteiger partial charge in [0.05, 0.1) is 17.6 Å². The van der Waals surface area contributed by atoms with Gasteiger partial charge in [0.2, 0.25) is 0 Å². The molecule has 158 valence electrons. The zero-order valence-corrected chi connectivity index (χ0v) is 17.8. The van der Waals surface area contributed by atoms with Crippen molar-refractivity contribution in [3.05, 3.63) is 84.1 Å². The van der Waals surface area contributed by atoms with Crippen LogP contribution in [0.2, 0.25) is 5.15 Å². The zero-order valence-electron chi connectivity index (χ0n) is 17.1. The van der Waals surface area contributed by atoms with Crippen molar-refractivity contribution in [3.8, 4) is 0 Å². The number of nitrogens with two attached hydrogens (primary N) is 1. The molecule has 1 aliphatic heterocycles. The van der Waals surface area contributed by atoms with Gasteiger partial charge in [0.25, 0.3) is 0 Å². The van der Waals surface area contributed by atoms with Crippen LogP contribution >= 0.6 is 11.6 Å². The van der Waals surface area contributed by atoms with Gasteiger partial charge < -0.3 is 15.5 Å². The lowest BCUT2D eigenvalue weighted by molar-refractivity contribution is -0.106. The predicted octanol–water partition coefficient (Wildman–Crippen LogP) is 4.48. The quantitative estimate of drug-likeness (QED) is 0.432. The lowest BCUT2D eigenvalue weighted by Gasteiger charge is -2.37. The van der Waals surface area contributed by atoms with Crippen LogP contribution in [0.25, 0.3) is 11.3 Å². The molecule has 3 rings (SSSR count). The lowest BCUT2D eigenvalue weighted by atomic mass is 10.1. The molecule has 0 amide bonds. The standard InChI is InChI=1S/C15H18N2O.C8H8ClFN2/c1-13(12-18)16-8-10-17(11-9-16)14(2)15-6-4-3-5-7-15;1-4(2)6-5(10)3-12-8(9)7(6)11/h3-7,12H,1-2,8-11H2;3H,1,11H2,2H3. The topological polar surface area (TPSA) is 62.5 Å². The van der Waals surface area contributed by atoms with Crippen LogP contribution in [0.1, 0.15) is 18.1 Å². The first-order valence-electron chi connectivity index (χ1n) is 9.39. The molecule has 30 heavy (non-hydrogen) atoms. The van der Waals surface area contributed by atoms with Crippen LogP contribution in [0, 0.1) is 5.82 Å². The number of hydrogen-bond donors (Lipinski definition) is 1. The average Bonchev–Trinajstić information content (AvgIpc) is 2.76. The fraction of sp³-hybridized carbons (Fsp3) is 0.217. The number of nitrogen functional groups attached to an aromatic ring is 1. The van der Waals surface area contributed by atoms with E-state index in [0.717, 1.165) is 49.9 Å². The van der Waals surface area contributed by atoms with Crippen LogP contribution in [0.15, 0.2) is 62.0 Å². The lowest BCUT2D eigenvalue weighted by Crippen LogP contribution is -2.44. The van der Waals surface area contributed by atoms with Gasteiger partial charge in [0, 0.05) is 37.4 Å². The number of allylic oxidation sites excluding steroid dienone is 2. The summed E-state index contributed by atoms with van der Waals surface area (Å²) in [7, 11) is 0. The average molecular weight is 429 g/mol. The highest BCUT2D eigenvalue weighted by molar-refractivity contribution is 6.32. The molecule has 1 aromatic heterocycles. The molecular formula is C23H26ClFN4O. The molecule has 0 atom stereocenters. The highest BCUT2D eigenvalue weighted by Crippen LogP contribution is 2.27. The van der Waals surface area contributed by atoms with Crippen molar-refractivity contribution in [1.82, 2.24) is 14.8 Å². The number of halogens is 2. The third-order valence-electron chi connectivity index (χ3n) is 4.76. The number of piperazine rings is 1. The summed E-state index contributed by atoms with van der Waals surface area (Å²) in [5, 5.41) is 0.106. The van der Waals surface area contributed by atoms with Gasteiger partial charge in [-0.25, -0.2) is 9.37 Å². The van der Waals surface area contributed by atoms with Gasteiger partial charge in [-0.1, -0.05) is 61.7 Å². The number of hydrogen-bond acceptors (Lipinski definition) is 5. The van der Waals surface area contributed by atoms with Gasteiger partial charge in [0.1, 0.15) is 0 Å². The first-order valence-corrected chi connectivity index (χ1v) is 9.77. The van der Waals surface area contributed by atoms with Crippen LogP contribution < -0.4 is 5.73 Å². The summed E-state index contributed by atoms with van der Waals surface area (Å²) in [5.74, 6) is -0.496. The molecule has 2 heterocycles. The normalized spacial score (nSPS) is 13.2. The molecule has 1 aliphatic rings. The molecule has 0 aliphatic carbocycles. The number of pyridine rings is 1. The minimum Gasteiger partial charge on any atom is -0.396 e. The maximum atomic E-state index is 13.0. The number of benzene rings is 1. The number of aldehydes is 1. The first kappa shape index (κ1) is 23.2. The molecular weight excluding hydrogens is 403 g/mol. The molecule has 1 fully saturated rings. The molecule has 7 heteroatoms. The number of aromatic nitrogens is 1. The fourth-order valence-corrected chi connectivity index (χ4v) is 3.21. The fourth-order valence-electron chi connectivity index (χ4n) is 3.06. The number of carbonyl (C=O) groups is 1. The number of carbonyl (C=O) groups excluding carboxylic acids is 1. The van der Waals surface area contributed by atoms with Crippen molar-refractivity contribution in [1.29, 1.82) is 0 Å². The first-order chi connectivity index (χ1) is 14.3. The van der Waals surface area contributed by atoms with E-state index in [9.17, 15) is 9.18 Å². The van der Waals surface area contributed by atoms with E-state index >= 15 is 0 Å². The molecule has 5 nitrogen and oxygen atoms in total. The summed E-state index contributed by atoms with van der Waals surface area (Å²) in [6.45, 7) is 16.5. The van der Waals surface area contributed by atoms with E-state index in [1.165, 1.54) is 0 Å². The van der Waals surface area contributed by atoms with Crippen LogP contribution in [-0.4, -0.2) is 47.2 Å². The van der Waals surface area contributed by atoms with Gasteiger partial charge >= 0.3 is 0 Å². The second kappa shape index (κ2) is 10.6. The Morgan fingerprint density at radius 2 is 1.70 bits per heavy atom. The van der Waals surface area contributed by atoms with Crippen LogP contribution in [-0.2, 0) is 4.79 Å².